The Morgan fingerprint density at radius 2 is 2.00 bits per heavy atom. The molecule has 8 nitrogen and oxygen atoms in total. The molecule has 1 aromatic heterocycles. The molecule has 144 valence electrons. The molecule has 3 rings (SSSR count). The number of aromatic nitrogens is 1. The summed E-state index contributed by atoms with van der Waals surface area (Å²) in [7, 11) is -4.53. The van der Waals surface area contributed by atoms with Crippen LogP contribution in [0.25, 0.3) is 0 Å². The van der Waals surface area contributed by atoms with E-state index in [1.165, 1.54) is 12.1 Å². The maximum atomic E-state index is 13.0. The highest BCUT2D eigenvalue weighted by Crippen LogP contribution is 2.37. The van der Waals surface area contributed by atoms with Crippen LogP contribution in [0.15, 0.2) is 41.4 Å². The lowest BCUT2D eigenvalue weighted by Gasteiger charge is -2.30. The van der Waals surface area contributed by atoms with Gasteiger partial charge in [0.2, 0.25) is 5.88 Å². The number of alkyl halides is 3. The van der Waals surface area contributed by atoms with Gasteiger partial charge in [0.1, 0.15) is 22.9 Å². The third-order valence-corrected chi connectivity index (χ3v) is 5.38. The molecule has 1 aliphatic heterocycles. The first kappa shape index (κ1) is 18.8. The van der Waals surface area contributed by atoms with Crippen molar-refractivity contribution in [1.29, 1.82) is 0 Å². The van der Waals surface area contributed by atoms with E-state index in [1.54, 1.807) is 0 Å². The van der Waals surface area contributed by atoms with Gasteiger partial charge in [-0.05, 0) is 18.2 Å². The Bertz CT molecular complexity index is 993. The van der Waals surface area contributed by atoms with E-state index in [2.05, 4.69) is 9.72 Å². The second-order valence-corrected chi connectivity index (χ2v) is 7.10. The number of benzene rings is 1. The number of anilines is 1. The molecule has 0 unspecified atom stereocenters. The highest BCUT2D eigenvalue weighted by Gasteiger charge is 2.37. The summed E-state index contributed by atoms with van der Waals surface area (Å²) in [5, 5.41) is 9.07. The number of hydrogen-bond donors (Lipinski definition) is 1. The van der Waals surface area contributed by atoms with Crippen molar-refractivity contribution in [1.82, 2.24) is 4.98 Å². The number of para-hydroxylation sites is 1. The maximum Gasteiger partial charge on any atom is 0.573 e. The van der Waals surface area contributed by atoms with Crippen molar-refractivity contribution in [2.45, 2.75) is 11.3 Å². The van der Waals surface area contributed by atoms with Gasteiger partial charge in [-0.15, -0.1) is 13.2 Å². The standard InChI is InChI=1S/C15H11F3N2O6S/c16-15(17,18)26-11-3-1-2-4-12(11)27(23,24)20-5-6-25-13-10(20)7-9(8-19-13)14(21)22/h1-4,7-8H,5-6H2,(H,21,22). The van der Waals surface area contributed by atoms with Gasteiger partial charge in [0, 0.05) is 6.20 Å². The molecule has 0 bridgehead atoms. The van der Waals surface area contributed by atoms with Crippen LogP contribution < -0.4 is 13.8 Å². The topological polar surface area (TPSA) is 106 Å². The number of hydrogen-bond acceptors (Lipinski definition) is 6. The first-order chi connectivity index (χ1) is 12.6. The average molecular weight is 404 g/mol. The average Bonchev–Trinajstić information content (AvgIpc) is 2.59. The Kier molecular flexibility index (Phi) is 4.59. The van der Waals surface area contributed by atoms with E-state index in [0.717, 1.165) is 28.7 Å². The molecule has 2 aromatic rings. The van der Waals surface area contributed by atoms with Crippen LogP contribution in [0.1, 0.15) is 10.4 Å². The molecule has 0 aliphatic carbocycles. The maximum absolute atomic E-state index is 13.0. The number of rotatable bonds is 4. The molecule has 0 radical (unpaired) electrons. The fourth-order valence-electron chi connectivity index (χ4n) is 2.43. The van der Waals surface area contributed by atoms with Crippen molar-refractivity contribution in [2.75, 3.05) is 17.5 Å². The molecule has 0 saturated carbocycles. The van der Waals surface area contributed by atoms with Gasteiger partial charge in [0.05, 0.1) is 12.1 Å². The van der Waals surface area contributed by atoms with Gasteiger partial charge in [-0.25, -0.2) is 18.2 Å². The molecule has 1 aromatic carbocycles. The zero-order valence-electron chi connectivity index (χ0n) is 13.3. The Labute approximate surface area is 150 Å². The summed E-state index contributed by atoms with van der Waals surface area (Å²) in [6.07, 6.45) is -4.11. The van der Waals surface area contributed by atoms with E-state index in [4.69, 9.17) is 9.84 Å². The molecular formula is C15H11F3N2O6S. The highest BCUT2D eigenvalue weighted by atomic mass is 32.2. The number of carboxylic acids is 1. The predicted octanol–water partition coefficient (Wildman–Crippen LogP) is 2.27. The number of pyridine rings is 1. The number of halogens is 3. The number of ether oxygens (including phenoxy) is 2. The van der Waals surface area contributed by atoms with Gasteiger partial charge >= 0.3 is 12.3 Å². The zero-order chi connectivity index (χ0) is 19.8. The van der Waals surface area contributed by atoms with Gasteiger partial charge in [-0.2, -0.15) is 0 Å². The van der Waals surface area contributed by atoms with E-state index in [-0.39, 0.29) is 30.3 Å². The smallest absolute Gasteiger partial charge is 0.478 e. The zero-order valence-corrected chi connectivity index (χ0v) is 14.1. The van der Waals surface area contributed by atoms with Crippen molar-refractivity contribution < 1.29 is 41.0 Å². The second-order valence-electron chi connectivity index (χ2n) is 5.27. The van der Waals surface area contributed by atoms with Crippen LogP contribution in [0.4, 0.5) is 18.9 Å². The number of fused-ring (bicyclic) bond motifs is 1. The number of carboxylic acid groups (broad SMARTS) is 1. The van der Waals surface area contributed by atoms with Crippen molar-refractivity contribution in [2.24, 2.45) is 0 Å². The van der Waals surface area contributed by atoms with Gasteiger partial charge in [0.15, 0.2) is 0 Å². The summed E-state index contributed by atoms with van der Waals surface area (Å²) >= 11 is 0. The van der Waals surface area contributed by atoms with Crippen molar-refractivity contribution in [3.05, 3.63) is 42.1 Å². The van der Waals surface area contributed by atoms with Crippen LogP contribution in [0.5, 0.6) is 11.6 Å². The number of nitrogens with zero attached hydrogens (tertiary/aromatic N) is 2. The lowest BCUT2D eigenvalue weighted by Crippen LogP contribution is -2.38. The van der Waals surface area contributed by atoms with Gasteiger partial charge in [-0.1, -0.05) is 12.1 Å². The lowest BCUT2D eigenvalue weighted by atomic mass is 10.2. The van der Waals surface area contributed by atoms with Gasteiger partial charge in [0.25, 0.3) is 10.0 Å². The molecule has 27 heavy (non-hydrogen) atoms. The molecule has 0 atom stereocenters. The SMILES string of the molecule is O=C(O)c1cnc2c(c1)N(S(=O)(=O)c1ccccc1OC(F)(F)F)CCO2. The summed E-state index contributed by atoms with van der Waals surface area (Å²) in [5.41, 5.74) is -0.498. The fraction of sp³-hybridized carbons (Fsp3) is 0.200. The molecule has 1 aliphatic rings. The van der Waals surface area contributed by atoms with Crippen molar-refractivity contribution in [3.8, 4) is 11.6 Å². The van der Waals surface area contributed by atoms with Crippen LogP contribution in [0, 0.1) is 0 Å². The summed E-state index contributed by atoms with van der Waals surface area (Å²) in [5.74, 6) is -2.40. The molecule has 12 heteroatoms. The Morgan fingerprint density at radius 1 is 1.30 bits per heavy atom. The number of carbonyl (C=O) groups is 1. The van der Waals surface area contributed by atoms with E-state index in [1.807, 2.05) is 0 Å². The number of sulfonamides is 1. The van der Waals surface area contributed by atoms with Crippen LogP contribution in [0.2, 0.25) is 0 Å². The molecule has 0 amide bonds. The largest absolute Gasteiger partial charge is 0.573 e. The summed E-state index contributed by atoms with van der Waals surface area (Å²) in [6, 6.07) is 5.28. The third-order valence-electron chi connectivity index (χ3n) is 3.52. The van der Waals surface area contributed by atoms with E-state index >= 15 is 0 Å². The molecule has 1 N–H and O–H groups in total. The van der Waals surface area contributed by atoms with Crippen LogP contribution in [-0.2, 0) is 10.0 Å². The summed E-state index contributed by atoms with van der Waals surface area (Å²) in [6.45, 7) is -0.367. The quantitative estimate of drug-likeness (QED) is 0.833. The van der Waals surface area contributed by atoms with Crippen LogP contribution in [0.3, 0.4) is 0 Å². The normalized spacial score (nSPS) is 14.3. The number of aromatic carboxylic acids is 1. The van der Waals surface area contributed by atoms with E-state index in [9.17, 15) is 26.4 Å². The Balaban J connectivity index is 2.11. The van der Waals surface area contributed by atoms with Crippen molar-refractivity contribution in [3.63, 3.8) is 0 Å². The second kappa shape index (κ2) is 6.61. The minimum Gasteiger partial charge on any atom is -0.478 e. The first-order valence-electron chi connectivity index (χ1n) is 7.33. The fourth-order valence-corrected chi connectivity index (χ4v) is 3.99. The molecule has 0 fully saturated rings. The lowest BCUT2D eigenvalue weighted by molar-refractivity contribution is -0.275. The highest BCUT2D eigenvalue weighted by molar-refractivity contribution is 7.93. The molecule has 0 spiro atoms. The van der Waals surface area contributed by atoms with Gasteiger partial charge < -0.3 is 14.6 Å². The van der Waals surface area contributed by atoms with Crippen LogP contribution >= 0.6 is 0 Å². The Morgan fingerprint density at radius 3 is 2.67 bits per heavy atom. The predicted molar refractivity (Wildman–Crippen MR) is 84.3 cm³/mol. The third kappa shape index (κ3) is 3.74. The molecular weight excluding hydrogens is 393 g/mol. The summed E-state index contributed by atoms with van der Waals surface area (Å²) in [4.78, 5) is 14.2. The van der Waals surface area contributed by atoms with E-state index < -0.39 is 33.0 Å². The molecule has 0 saturated heterocycles. The minimum atomic E-state index is -5.09. The monoisotopic (exact) mass is 404 g/mol. The molecule has 2 heterocycles. The summed E-state index contributed by atoms with van der Waals surface area (Å²) < 4.78 is 73.6. The van der Waals surface area contributed by atoms with Crippen molar-refractivity contribution >= 4 is 21.7 Å². The van der Waals surface area contributed by atoms with Gasteiger partial charge in [-0.3, -0.25) is 4.31 Å². The first-order valence-corrected chi connectivity index (χ1v) is 8.77. The van der Waals surface area contributed by atoms with E-state index in [0.29, 0.717) is 0 Å². The minimum absolute atomic E-state index is 0.117. The van der Waals surface area contributed by atoms with Crippen LogP contribution in [-0.4, -0.2) is 44.0 Å². The Hall–Kier alpha value is -3.02.